The molecule has 0 aliphatic carbocycles. The van der Waals surface area contributed by atoms with E-state index in [0.717, 1.165) is 5.56 Å². The van der Waals surface area contributed by atoms with E-state index < -0.39 is 0 Å². The Bertz CT molecular complexity index is 345. The molecule has 0 heterocycles. The lowest BCUT2D eigenvalue weighted by Crippen LogP contribution is -2.15. The van der Waals surface area contributed by atoms with Crippen LogP contribution in [0.3, 0.4) is 0 Å². The van der Waals surface area contributed by atoms with E-state index in [1.165, 1.54) is 0 Å². The van der Waals surface area contributed by atoms with Crippen LogP contribution in [0.25, 0.3) is 0 Å². The summed E-state index contributed by atoms with van der Waals surface area (Å²) in [5.74, 6) is -0.172. The van der Waals surface area contributed by atoms with E-state index in [1.54, 1.807) is 26.0 Å². The molecule has 0 aromatic heterocycles. The first kappa shape index (κ1) is 9.74. The smallest absolute Gasteiger partial charge is 0.180 e. The minimum absolute atomic E-state index is 0.0513. The van der Waals surface area contributed by atoms with Crippen LogP contribution in [-0.2, 0) is 0 Å². The number of hydrogen-bond donors (Lipinski definition) is 2. The second-order valence-electron chi connectivity index (χ2n) is 3.05. The topological polar surface area (TPSA) is 63.3 Å². The molecule has 0 aliphatic heterocycles. The van der Waals surface area contributed by atoms with Gasteiger partial charge in [-0.25, -0.2) is 0 Å². The van der Waals surface area contributed by atoms with Gasteiger partial charge in [-0.05, 0) is 25.0 Å². The van der Waals surface area contributed by atoms with Gasteiger partial charge in [0.15, 0.2) is 5.78 Å². The Morgan fingerprint density at radius 2 is 1.92 bits per heavy atom. The number of rotatable bonds is 2. The van der Waals surface area contributed by atoms with Crippen LogP contribution in [0.2, 0.25) is 0 Å². The molecule has 1 rings (SSSR count). The number of aromatic hydroxyl groups is 1. The molecule has 0 amide bonds. The summed E-state index contributed by atoms with van der Waals surface area (Å²) < 4.78 is 0. The number of carbonyl (C=O) groups excluding carboxylic acids is 1. The zero-order valence-corrected chi connectivity index (χ0v) is 7.79. The predicted molar refractivity (Wildman–Crippen MR) is 51.0 cm³/mol. The maximum atomic E-state index is 11.3. The summed E-state index contributed by atoms with van der Waals surface area (Å²) in [4.78, 5) is 11.3. The van der Waals surface area contributed by atoms with E-state index in [1.807, 2.05) is 0 Å². The summed E-state index contributed by atoms with van der Waals surface area (Å²) in [6, 6.07) is 3.58. The lowest BCUT2D eigenvalue weighted by atomic mass is 10.0. The molecule has 0 saturated carbocycles. The van der Waals surface area contributed by atoms with Crippen molar-refractivity contribution in [1.82, 2.24) is 0 Å². The Balaban J connectivity index is 3.33. The van der Waals surface area contributed by atoms with Gasteiger partial charge < -0.3 is 10.8 Å². The minimum Gasteiger partial charge on any atom is -0.507 e. The molecular formula is C10H13NO2. The van der Waals surface area contributed by atoms with Crippen molar-refractivity contribution in [3.63, 3.8) is 0 Å². The highest BCUT2D eigenvalue weighted by molar-refractivity contribution is 6.01. The third kappa shape index (κ3) is 1.70. The predicted octanol–water partition coefficient (Wildman–Crippen LogP) is 1.15. The summed E-state index contributed by atoms with van der Waals surface area (Å²) in [6.45, 7) is 3.46. The third-order valence-electron chi connectivity index (χ3n) is 2.05. The first-order valence-corrected chi connectivity index (χ1v) is 4.10. The summed E-state index contributed by atoms with van der Waals surface area (Å²) in [5, 5.41) is 9.60. The molecule has 70 valence electrons. The summed E-state index contributed by atoms with van der Waals surface area (Å²) in [7, 11) is 0. The van der Waals surface area contributed by atoms with E-state index in [-0.39, 0.29) is 18.1 Å². The maximum Gasteiger partial charge on any atom is 0.180 e. The first-order chi connectivity index (χ1) is 6.07. The van der Waals surface area contributed by atoms with E-state index in [2.05, 4.69) is 0 Å². The zero-order valence-electron chi connectivity index (χ0n) is 7.79. The van der Waals surface area contributed by atoms with Crippen molar-refractivity contribution in [3.05, 3.63) is 28.8 Å². The summed E-state index contributed by atoms with van der Waals surface area (Å²) >= 11 is 0. The second kappa shape index (κ2) is 3.58. The number of carbonyl (C=O) groups is 1. The van der Waals surface area contributed by atoms with Crippen LogP contribution in [-0.4, -0.2) is 17.4 Å². The average Bonchev–Trinajstić information content (AvgIpc) is 2.12. The molecule has 0 aliphatic rings. The molecule has 0 unspecified atom stereocenters. The van der Waals surface area contributed by atoms with Gasteiger partial charge in [-0.1, -0.05) is 12.1 Å². The number of nitrogens with two attached hydrogens (primary N) is 1. The van der Waals surface area contributed by atoms with E-state index in [4.69, 9.17) is 5.73 Å². The lowest BCUT2D eigenvalue weighted by Gasteiger charge is -2.08. The molecule has 1 aromatic rings. The van der Waals surface area contributed by atoms with Crippen molar-refractivity contribution >= 4 is 5.78 Å². The molecule has 3 nitrogen and oxygen atoms in total. The van der Waals surface area contributed by atoms with Gasteiger partial charge >= 0.3 is 0 Å². The Labute approximate surface area is 77.2 Å². The SMILES string of the molecule is Cc1ccc(C)c(C(=O)CN)c1O. The molecule has 0 radical (unpaired) electrons. The number of benzene rings is 1. The number of phenolic OH excluding ortho intramolecular Hbond substituents is 1. The number of Topliss-reactive ketones (excluding diaryl/α,β-unsaturated/α-hetero) is 1. The maximum absolute atomic E-state index is 11.3. The van der Waals surface area contributed by atoms with Gasteiger partial charge in [0.2, 0.25) is 0 Å². The second-order valence-corrected chi connectivity index (χ2v) is 3.05. The van der Waals surface area contributed by atoms with Crippen LogP contribution in [0.5, 0.6) is 5.75 Å². The van der Waals surface area contributed by atoms with Crippen molar-refractivity contribution in [2.24, 2.45) is 5.73 Å². The van der Waals surface area contributed by atoms with Gasteiger partial charge in [0.1, 0.15) is 5.75 Å². The molecule has 0 spiro atoms. The molecule has 0 saturated heterocycles. The number of hydrogen-bond acceptors (Lipinski definition) is 3. The third-order valence-corrected chi connectivity index (χ3v) is 2.05. The lowest BCUT2D eigenvalue weighted by molar-refractivity contribution is 0.0998. The van der Waals surface area contributed by atoms with Crippen molar-refractivity contribution in [2.75, 3.05) is 6.54 Å². The van der Waals surface area contributed by atoms with Crippen LogP contribution in [0.1, 0.15) is 21.5 Å². The van der Waals surface area contributed by atoms with Gasteiger partial charge in [-0.2, -0.15) is 0 Å². The Hall–Kier alpha value is -1.35. The highest BCUT2D eigenvalue weighted by Gasteiger charge is 2.13. The molecule has 1 aromatic carbocycles. The van der Waals surface area contributed by atoms with Crippen LogP contribution in [0.4, 0.5) is 0 Å². The normalized spacial score (nSPS) is 10.1. The average molecular weight is 179 g/mol. The first-order valence-electron chi connectivity index (χ1n) is 4.10. The zero-order chi connectivity index (χ0) is 10.0. The molecular weight excluding hydrogens is 166 g/mol. The van der Waals surface area contributed by atoms with Gasteiger partial charge in [0.05, 0.1) is 12.1 Å². The number of phenols is 1. The van der Waals surface area contributed by atoms with Gasteiger partial charge in [-0.3, -0.25) is 4.79 Å². The fourth-order valence-electron chi connectivity index (χ4n) is 1.25. The number of ketones is 1. The van der Waals surface area contributed by atoms with Gasteiger partial charge in [0, 0.05) is 0 Å². The van der Waals surface area contributed by atoms with Crippen LogP contribution >= 0.6 is 0 Å². The quantitative estimate of drug-likeness (QED) is 0.669. The van der Waals surface area contributed by atoms with E-state index in [9.17, 15) is 9.90 Å². The highest BCUT2D eigenvalue weighted by Crippen LogP contribution is 2.25. The Kier molecular flexibility index (Phi) is 2.68. The molecule has 3 N–H and O–H groups in total. The van der Waals surface area contributed by atoms with Crippen molar-refractivity contribution in [2.45, 2.75) is 13.8 Å². The largest absolute Gasteiger partial charge is 0.507 e. The van der Waals surface area contributed by atoms with Crippen LogP contribution in [0, 0.1) is 13.8 Å². The molecule has 13 heavy (non-hydrogen) atoms. The van der Waals surface area contributed by atoms with Gasteiger partial charge in [0.25, 0.3) is 0 Å². The minimum atomic E-state index is -0.223. The highest BCUT2D eigenvalue weighted by atomic mass is 16.3. The Morgan fingerprint density at radius 1 is 1.38 bits per heavy atom. The molecule has 0 atom stereocenters. The van der Waals surface area contributed by atoms with Crippen molar-refractivity contribution in [3.8, 4) is 5.75 Å². The number of aryl methyl sites for hydroxylation is 2. The fraction of sp³-hybridized carbons (Fsp3) is 0.300. The summed E-state index contributed by atoms with van der Waals surface area (Å²) in [5.41, 5.74) is 7.04. The van der Waals surface area contributed by atoms with E-state index in [0.29, 0.717) is 11.1 Å². The molecule has 0 bridgehead atoms. The van der Waals surface area contributed by atoms with Crippen LogP contribution in [0.15, 0.2) is 12.1 Å². The molecule has 3 heteroatoms. The summed E-state index contributed by atoms with van der Waals surface area (Å²) in [6.07, 6.45) is 0. The van der Waals surface area contributed by atoms with Crippen molar-refractivity contribution < 1.29 is 9.90 Å². The standard InChI is InChI=1S/C10H13NO2/c1-6-3-4-7(2)10(13)9(6)8(12)5-11/h3-4,13H,5,11H2,1-2H3. The van der Waals surface area contributed by atoms with Crippen LogP contribution < -0.4 is 5.73 Å². The monoisotopic (exact) mass is 179 g/mol. The Morgan fingerprint density at radius 3 is 2.46 bits per heavy atom. The van der Waals surface area contributed by atoms with Crippen molar-refractivity contribution in [1.29, 1.82) is 0 Å². The van der Waals surface area contributed by atoms with E-state index >= 15 is 0 Å². The fourth-order valence-corrected chi connectivity index (χ4v) is 1.25. The molecule has 0 fully saturated rings. The van der Waals surface area contributed by atoms with Gasteiger partial charge in [-0.15, -0.1) is 0 Å².